The summed E-state index contributed by atoms with van der Waals surface area (Å²) in [6.45, 7) is 0.566. The second kappa shape index (κ2) is 6.02. The van der Waals surface area contributed by atoms with Gasteiger partial charge in [-0.25, -0.2) is 8.42 Å². The molecule has 1 aliphatic rings. The van der Waals surface area contributed by atoms with Crippen LogP contribution in [0.3, 0.4) is 0 Å². The Morgan fingerprint density at radius 2 is 2.00 bits per heavy atom. The van der Waals surface area contributed by atoms with Crippen molar-refractivity contribution in [3.05, 3.63) is 59.2 Å². The molecular weight excluding hydrogens is 324 g/mol. The lowest BCUT2D eigenvalue weighted by Crippen LogP contribution is -2.32. The van der Waals surface area contributed by atoms with Crippen molar-refractivity contribution in [2.24, 2.45) is 0 Å². The Hall–Kier alpha value is -2.78. The van der Waals surface area contributed by atoms with Gasteiger partial charge < -0.3 is 5.32 Å². The lowest BCUT2D eigenvalue weighted by Gasteiger charge is -2.22. The summed E-state index contributed by atoms with van der Waals surface area (Å²) >= 11 is 0. The average Bonchev–Trinajstić information content (AvgIpc) is 2.61. The predicted octanol–water partition coefficient (Wildman–Crippen LogP) is 1.78. The van der Waals surface area contributed by atoms with E-state index in [2.05, 4.69) is 11.2 Å². The lowest BCUT2D eigenvalue weighted by atomic mass is 10.0. The fraction of sp³-hybridized carbons (Fsp3) is 0.167. The van der Waals surface area contributed by atoms with Crippen molar-refractivity contribution in [2.75, 3.05) is 17.9 Å². The molecule has 5 nitrogen and oxygen atoms in total. The molecule has 3 rings (SSSR count). The highest BCUT2D eigenvalue weighted by atomic mass is 32.2. The zero-order valence-electron chi connectivity index (χ0n) is 13.1. The summed E-state index contributed by atoms with van der Waals surface area (Å²) in [5.74, 6) is 2.24. The van der Waals surface area contributed by atoms with Crippen LogP contribution in [0.1, 0.15) is 21.5 Å². The van der Waals surface area contributed by atoms with Gasteiger partial charge in [-0.05, 0) is 42.3 Å². The number of terminal acetylenes is 1. The molecule has 0 aromatic heterocycles. The van der Waals surface area contributed by atoms with Gasteiger partial charge in [-0.2, -0.15) is 0 Å². The van der Waals surface area contributed by atoms with E-state index in [0.29, 0.717) is 29.8 Å². The van der Waals surface area contributed by atoms with E-state index < -0.39 is 10.0 Å². The van der Waals surface area contributed by atoms with Gasteiger partial charge >= 0.3 is 0 Å². The van der Waals surface area contributed by atoms with Crippen molar-refractivity contribution in [3.8, 4) is 12.3 Å². The summed E-state index contributed by atoms with van der Waals surface area (Å²) in [5, 5.41) is 2.72. The third-order valence-electron chi connectivity index (χ3n) is 4.04. The Bertz CT molecular complexity index is 958. The molecule has 0 bridgehead atoms. The van der Waals surface area contributed by atoms with Crippen LogP contribution in [0.5, 0.6) is 0 Å². The second-order valence-corrected chi connectivity index (χ2v) is 7.46. The third kappa shape index (κ3) is 2.74. The number of rotatable bonds is 3. The minimum Gasteiger partial charge on any atom is -0.352 e. The summed E-state index contributed by atoms with van der Waals surface area (Å²) in [7, 11) is -2.33. The van der Waals surface area contributed by atoms with E-state index in [0.717, 1.165) is 9.87 Å². The van der Waals surface area contributed by atoms with Gasteiger partial charge in [0.25, 0.3) is 15.9 Å². The molecular formula is C18H16N2O3S. The van der Waals surface area contributed by atoms with Crippen LogP contribution < -0.4 is 9.62 Å². The minimum atomic E-state index is -3.79. The van der Waals surface area contributed by atoms with Gasteiger partial charge in [0.05, 0.1) is 10.6 Å². The van der Waals surface area contributed by atoms with Crippen molar-refractivity contribution >= 4 is 21.6 Å². The van der Waals surface area contributed by atoms with Crippen LogP contribution in [0.2, 0.25) is 0 Å². The van der Waals surface area contributed by atoms with Crippen LogP contribution in [0.25, 0.3) is 0 Å². The normalized spacial score (nSPS) is 13.6. The first kappa shape index (κ1) is 16.1. The van der Waals surface area contributed by atoms with E-state index in [1.54, 1.807) is 30.3 Å². The number of carbonyl (C=O) groups excluding carboxylic acids is 1. The summed E-state index contributed by atoms with van der Waals surface area (Å²) in [6, 6.07) is 11.4. The highest BCUT2D eigenvalue weighted by Crippen LogP contribution is 2.25. The van der Waals surface area contributed by atoms with Gasteiger partial charge in [-0.1, -0.05) is 18.1 Å². The number of sulfonamides is 1. The van der Waals surface area contributed by atoms with Crippen LogP contribution in [0.4, 0.5) is 5.69 Å². The van der Waals surface area contributed by atoms with Gasteiger partial charge in [-0.3, -0.25) is 9.10 Å². The molecule has 0 aliphatic carbocycles. The van der Waals surface area contributed by atoms with E-state index in [-0.39, 0.29) is 10.8 Å². The Kier molecular flexibility index (Phi) is 4.04. The monoisotopic (exact) mass is 340 g/mol. The number of nitrogens with one attached hydrogen (secondary N) is 1. The second-order valence-electron chi connectivity index (χ2n) is 5.49. The molecule has 0 fully saturated rings. The van der Waals surface area contributed by atoms with Gasteiger partial charge in [0.1, 0.15) is 0 Å². The number of benzene rings is 2. The molecule has 0 saturated carbocycles. The van der Waals surface area contributed by atoms with Crippen LogP contribution in [0, 0.1) is 12.3 Å². The Morgan fingerprint density at radius 1 is 1.21 bits per heavy atom. The summed E-state index contributed by atoms with van der Waals surface area (Å²) < 4.78 is 26.9. The highest BCUT2D eigenvalue weighted by Gasteiger charge is 2.25. The van der Waals surface area contributed by atoms with Crippen LogP contribution in [-0.2, 0) is 16.4 Å². The molecule has 1 N–H and O–H groups in total. The molecule has 0 unspecified atom stereocenters. The minimum absolute atomic E-state index is 0.0758. The summed E-state index contributed by atoms with van der Waals surface area (Å²) in [4.78, 5) is 12.0. The maximum Gasteiger partial charge on any atom is 0.264 e. The topological polar surface area (TPSA) is 66.5 Å². The van der Waals surface area contributed by atoms with Crippen LogP contribution in [0.15, 0.2) is 47.4 Å². The molecule has 1 amide bonds. The van der Waals surface area contributed by atoms with Crippen LogP contribution >= 0.6 is 0 Å². The zero-order chi connectivity index (χ0) is 17.3. The van der Waals surface area contributed by atoms with Crippen molar-refractivity contribution in [2.45, 2.75) is 11.3 Å². The molecule has 1 heterocycles. The van der Waals surface area contributed by atoms with E-state index in [1.807, 2.05) is 0 Å². The lowest BCUT2D eigenvalue weighted by molar-refractivity contribution is 0.0945. The molecule has 0 atom stereocenters. The average molecular weight is 340 g/mol. The largest absolute Gasteiger partial charge is 0.352 e. The number of nitrogens with zero attached hydrogens (tertiary/aromatic N) is 1. The third-order valence-corrected chi connectivity index (χ3v) is 5.82. The van der Waals surface area contributed by atoms with Gasteiger partial charge in [0.2, 0.25) is 0 Å². The molecule has 6 heteroatoms. The number of amides is 1. The smallest absolute Gasteiger partial charge is 0.264 e. The number of carbonyl (C=O) groups is 1. The molecule has 2 aromatic rings. The first-order valence-corrected chi connectivity index (χ1v) is 8.84. The van der Waals surface area contributed by atoms with Gasteiger partial charge in [0, 0.05) is 24.7 Å². The summed E-state index contributed by atoms with van der Waals surface area (Å²) in [6.07, 6.45) is 6.06. The molecule has 1 aliphatic heterocycles. The maximum atomic E-state index is 12.9. The maximum absolute atomic E-state index is 12.9. The van der Waals surface area contributed by atoms with Crippen molar-refractivity contribution in [1.82, 2.24) is 5.32 Å². The zero-order valence-corrected chi connectivity index (χ0v) is 13.9. The quantitative estimate of drug-likeness (QED) is 0.866. The Balaban J connectivity index is 2.03. The van der Waals surface area contributed by atoms with Gasteiger partial charge in [0.15, 0.2) is 0 Å². The first-order chi connectivity index (χ1) is 11.4. The van der Waals surface area contributed by atoms with E-state index >= 15 is 0 Å². The van der Waals surface area contributed by atoms with E-state index in [4.69, 9.17) is 6.42 Å². The molecule has 0 saturated heterocycles. The van der Waals surface area contributed by atoms with E-state index in [9.17, 15) is 13.2 Å². The highest BCUT2D eigenvalue weighted by molar-refractivity contribution is 7.92. The standard InChI is InChI=1S/C18H16N2O3S/c1-3-13-5-4-6-15(11-13)20(2)24(22,23)16-8-7-14-9-10-19-18(21)17(14)12-16/h1,4-8,11-12H,9-10H2,2H3,(H,19,21). The van der Waals surface area contributed by atoms with Crippen molar-refractivity contribution < 1.29 is 13.2 Å². The summed E-state index contributed by atoms with van der Waals surface area (Å²) in [5.41, 5.74) is 2.33. The number of hydrogen-bond donors (Lipinski definition) is 1. The number of anilines is 1. The molecule has 0 radical (unpaired) electrons. The SMILES string of the molecule is C#Cc1cccc(N(C)S(=O)(=O)c2ccc3c(c2)C(=O)NCC3)c1. The first-order valence-electron chi connectivity index (χ1n) is 7.40. The fourth-order valence-electron chi connectivity index (χ4n) is 2.64. The molecule has 2 aromatic carbocycles. The van der Waals surface area contributed by atoms with Crippen LogP contribution in [-0.4, -0.2) is 27.9 Å². The number of hydrogen-bond acceptors (Lipinski definition) is 3. The van der Waals surface area contributed by atoms with Crippen molar-refractivity contribution in [3.63, 3.8) is 0 Å². The van der Waals surface area contributed by atoms with Crippen molar-refractivity contribution in [1.29, 1.82) is 0 Å². The molecule has 24 heavy (non-hydrogen) atoms. The molecule has 122 valence electrons. The molecule has 0 spiro atoms. The Morgan fingerprint density at radius 3 is 2.75 bits per heavy atom. The number of fused-ring (bicyclic) bond motifs is 1. The Labute approximate surface area is 141 Å². The van der Waals surface area contributed by atoms with Gasteiger partial charge in [-0.15, -0.1) is 6.42 Å². The fourth-order valence-corrected chi connectivity index (χ4v) is 3.85. The predicted molar refractivity (Wildman–Crippen MR) is 92.4 cm³/mol. The van der Waals surface area contributed by atoms with E-state index in [1.165, 1.54) is 19.2 Å².